The van der Waals surface area contributed by atoms with Crippen LogP contribution in [0.4, 0.5) is 17.6 Å². The van der Waals surface area contributed by atoms with Gasteiger partial charge in [0, 0.05) is 39.8 Å². The second-order valence-corrected chi connectivity index (χ2v) is 6.01. The summed E-state index contributed by atoms with van der Waals surface area (Å²) in [5, 5.41) is 3.21. The fourth-order valence-corrected chi connectivity index (χ4v) is 2.81. The molecule has 1 atom stereocenters. The Bertz CT molecular complexity index is 562. The predicted molar refractivity (Wildman–Crippen MR) is 101 cm³/mol. The van der Waals surface area contributed by atoms with Gasteiger partial charge in [0.05, 0.1) is 6.54 Å². The summed E-state index contributed by atoms with van der Waals surface area (Å²) in [6, 6.07) is 6.11. The van der Waals surface area contributed by atoms with E-state index in [9.17, 15) is 17.6 Å². The molecular formula is C16H23F4IN4. The third kappa shape index (κ3) is 7.35. The third-order valence-corrected chi connectivity index (χ3v) is 3.91. The molecule has 1 fully saturated rings. The Morgan fingerprint density at radius 1 is 1.32 bits per heavy atom. The summed E-state index contributed by atoms with van der Waals surface area (Å²) >= 11 is 0. The lowest BCUT2D eigenvalue weighted by Crippen LogP contribution is -2.45. The minimum Gasteiger partial charge on any atom is -0.352 e. The van der Waals surface area contributed by atoms with Crippen LogP contribution in [0.1, 0.15) is 12.0 Å². The summed E-state index contributed by atoms with van der Waals surface area (Å²) in [6.07, 6.45) is -3.53. The van der Waals surface area contributed by atoms with Crippen molar-refractivity contribution in [2.75, 3.05) is 33.7 Å². The summed E-state index contributed by atoms with van der Waals surface area (Å²) in [4.78, 5) is 7.44. The van der Waals surface area contributed by atoms with E-state index >= 15 is 0 Å². The quantitative estimate of drug-likeness (QED) is 0.315. The number of aliphatic imine (C=N–C) groups is 1. The van der Waals surface area contributed by atoms with Gasteiger partial charge in [-0.25, -0.2) is 4.39 Å². The summed E-state index contributed by atoms with van der Waals surface area (Å²) in [7, 11) is 3.47. The zero-order chi connectivity index (χ0) is 17.7. The van der Waals surface area contributed by atoms with Crippen LogP contribution in [-0.2, 0) is 6.54 Å². The molecular weight excluding hydrogens is 451 g/mol. The molecule has 0 spiro atoms. The molecule has 2 rings (SSSR count). The Hall–Kier alpha value is -1.10. The summed E-state index contributed by atoms with van der Waals surface area (Å²) < 4.78 is 50.3. The normalized spacial score (nSPS) is 18.8. The second-order valence-electron chi connectivity index (χ2n) is 6.01. The van der Waals surface area contributed by atoms with E-state index in [1.165, 1.54) is 17.0 Å². The van der Waals surface area contributed by atoms with Gasteiger partial charge in [-0.1, -0.05) is 12.1 Å². The number of alkyl halides is 3. The average molecular weight is 474 g/mol. The lowest BCUT2D eigenvalue weighted by molar-refractivity contribution is -0.143. The van der Waals surface area contributed by atoms with E-state index in [0.717, 1.165) is 5.56 Å². The third-order valence-electron chi connectivity index (χ3n) is 3.91. The van der Waals surface area contributed by atoms with Crippen molar-refractivity contribution in [3.05, 3.63) is 35.6 Å². The van der Waals surface area contributed by atoms with E-state index in [1.807, 2.05) is 11.9 Å². The van der Waals surface area contributed by atoms with Crippen LogP contribution in [0.25, 0.3) is 0 Å². The summed E-state index contributed by atoms with van der Waals surface area (Å²) in [5.74, 6) is 0.317. The zero-order valence-electron chi connectivity index (χ0n) is 14.2. The highest BCUT2D eigenvalue weighted by Crippen LogP contribution is 2.20. The van der Waals surface area contributed by atoms with Gasteiger partial charge in [-0.15, -0.1) is 24.0 Å². The summed E-state index contributed by atoms with van der Waals surface area (Å²) in [6.45, 7) is 0.396. The number of guanidine groups is 1. The maximum atomic E-state index is 12.9. The Labute approximate surface area is 162 Å². The Morgan fingerprint density at radius 3 is 2.52 bits per heavy atom. The van der Waals surface area contributed by atoms with Gasteiger partial charge in [0.2, 0.25) is 0 Å². The highest BCUT2D eigenvalue weighted by molar-refractivity contribution is 14.0. The molecule has 0 radical (unpaired) electrons. The number of nitrogens with one attached hydrogen (secondary N) is 1. The van der Waals surface area contributed by atoms with Gasteiger partial charge in [-0.2, -0.15) is 13.2 Å². The molecule has 0 bridgehead atoms. The molecule has 1 aromatic carbocycles. The topological polar surface area (TPSA) is 30.9 Å². The first-order chi connectivity index (χ1) is 11.3. The molecule has 1 saturated heterocycles. The summed E-state index contributed by atoms with van der Waals surface area (Å²) in [5.41, 5.74) is 0.923. The number of likely N-dealkylation sites (tertiary alicyclic amines) is 1. The number of hydrogen-bond acceptors (Lipinski definition) is 2. The van der Waals surface area contributed by atoms with Gasteiger partial charge < -0.3 is 10.2 Å². The largest absolute Gasteiger partial charge is 0.401 e. The van der Waals surface area contributed by atoms with Crippen molar-refractivity contribution in [1.29, 1.82) is 0 Å². The van der Waals surface area contributed by atoms with Crippen molar-refractivity contribution >= 4 is 29.9 Å². The van der Waals surface area contributed by atoms with Crippen LogP contribution >= 0.6 is 24.0 Å². The fourth-order valence-electron chi connectivity index (χ4n) is 2.81. The molecule has 9 heteroatoms. The molecule has 25 heavy (non-hydrogen) atoms. The van der Waals surface area contributed by atoms with Crippen LogP contribution < -0.4 is 5.32 Å². The SMILES string of the molecule is CN=C(NC1CCN(CC(F)(F)F)C1)N(C)Cc1ccc(F)cc1.I. The van der Waals surface area contributed by atoms with E-state index in [-0.39, 0.29) is 35.8 Å². The van der Waals surface area contributed by atoms with E-state index < -0.39 is 12.7 Å². The molecule has 1 aromatic rings. The predicted octanol–water partition coefficient (Wildman–Crippen LogP) is 3.09. The number of halogens is 5. The van der Waals surface area contributed by atoms with Crippen LogP contribution in [0, 0.1) is 5.82 Å². The van der Waals surface area contributed by atoms with Crippen LogP contribution in [0.2, 0.25) is 0 Å². The van der Waals surface area contributed by atoms with E-state index in [2.05, 4.69) is 10.3 Å². The highest BCUT2D eigenvalue weighted by Gasteiger charge is 2.34. The molecule has 0 saturated carbocycles. The van der Waals surface area contributed by atoms with Crippen molar-refractivity contribution in [1.82, 2.24) is 15.1 Å². The monoisotopic (exact) mass is 474 g/mol. The molecule has 1 N–H and O–H groups in total. The lowest BCUT2D eigenvalue weighted by atomic mass is 10.2. The van der Waals surface area contributed by atoms with Gasteiger partial charge in [0.25, 0.3) is 0 Å². The van der Waals surface area contributed by atoms with E-state index in [1.54, 1.807) is 19.2 Å². The van der Waals surface area contributed by atoms with Gasteiger partial charge >= 0.3 is 6.18 Å². The van der Waals surface area contributed by atoms with Crippen molar-refractivity contribution in [2.24, 2.45) is 4.99 Å². The molecule has 4 nitrogen and oxygen atoms in total. The van der Waals surface area contributed by atoms with Crippen LogP contribution in [0.15, 0.2) is 29.3 Å². The first-order valence-corrected chi connectivity index (χ1v) is 7.75. The molecule has 0 aliphatic carbocycles. The van der Waals surface area contributed by atoms with Crippen LogP contribution in [0.5, 0.6) is 0 Å². The lowest BCUT2D eigenvalue weighted by Gasteiger charge is -2.25. The maximum absolute atomic E-state index is 12.9. The number of nitrogens with zero attached hydrogens (tertiary/aromatic N) is 3. The van der Waals surface area contributed by atoms with E-state index in [4.69, 9.17) is 0 Å². The van der Waals surface area contributed by atoms with Gasteiger partial charge in [-0.05, 0) is 24.1 Å². The highest BCUT2D eigenvalue weighted by atomic mass is 127. The number of benzene rings is 1. The molecule has 142 valence electrons. The fraction of sp³-hybridized carbons (Fsp3) is 0.562. The number of rotatable bonds is 4. The van der Waals surface area contributed by atoms with Crippen LogP contribution in [-0.4, -0.2) is 61.7 Å². The first kappa shape index (κ1) is 21.9. The van der Waals surface area contributed by atoms with Gasteiger partial charge in [-0.3, -0.25) is 9.89 Å². The first-order valence-electron chi connectivity index (χ1n) is 7.75. The van der Waals surface area contributed by atoms with Crippen molar-refractivity contribution in [3.63, 3.8) is 0 Å². The molecule has 0 amide bonds. The molecule has 0 aromatic heterocycles. The zero-order valence-corrected chi connectivity index (χ0v) is 16.5. The Morgan fingerprint density at radius 2 is 1.96 bits per heavy atom. The average Bonchev–Trinajstić information content (AvgIpc) is 2.92. The second kappa shape index (κ2) is 9.56. The minimum absolute atomic E-state index is 0. The maximum Gasteiger partial charge on any atom is 0.401 e. The standard InChI is InChI=1S/C16H22F4N4.HI/c1-21-15(23(2)9-12-3-5-13(17)6-4-12)22-14-7-8-24(10-14)11-16(18,19)20;/h3-6,14H,7-11H2,1-2H3,(H,21,22);1H. The van der Waals surface area contributed by atoms with Crippen molar-refractivity contribution < 1.29 is 17.6 Å². The van der Waals surface area contributed by atoms with Gasteiger partial charge in [0.15, 0.2) is 5.96 Å². The molecule has 1 unspecified atom stereocenters. The molecule has 1 heterocycles. The molecule has 1 aliphatic rings. The molecule has 1 aliphatic heterocycles. The smallest absolute Gasteiger partial charge is 0.352 e. The minimum atomic E-state index is -4.17. The van der Waals surface area contributed by atoms with Crippen molar-refractivity contribution in [2.45, 2.75) is 25.2 Å². The van der Waals surface area contributed by atoms with Gasteiger partial charge in [0.1, 0.15) is 5.82 Å². The number of hydrogen-bond donors (Lipinski definition) is 1. The van der Waals surface area contributed by atoms with E-state index in [0.29, 0.717) is 32.0 Å². The van der Waals surface area contributed by atoms with Crippen LogP contribution in [0.3, 0.4) is 0 Å². The van der Waals surface area contributed by atoms with Crippen molar-refractivity contribution in [3.8, 4) is 0 Å². The Balaban J connectivity index is 0.00000312. The Kier molecular flexibility index (Phi) is 8.39.